The number of carbonyl (C=O) groups is 1. The molecule has 0 atom stereocenters. The van der Waals surface area contributed by atoms with Crippen LogP contribution in [0.15, 0.2) is 53.4 Å². The summed E-state index contributed by atoms with van der Waals surface area (Å²) in [4.78, 5) is 10.8. The average Bonchev–Trinajstić information content (AvgIpc) is 2.46. The molecule has 0 fully saturated rings. The third-order valence-electron chi connectivity index (χ3n) is 2.79. The zero-order valence-electron chi connectivity index (χ0n) is 10.8. The van der Waals surface area contributed by atoms with Gasteiger partial charge < -0.3 is 5.11 Å². The van der Waals surface area contributed by atoms with E-state index in [1.54, 1.807) is 12.1 Å². The number of benzene rings is 2. The first-order valence-electron chi connectivity index (χ1n) is 5.96. The van der Waals surface area contributed by atoms with Crippen LogP contribution in [0.25, 0.3) is 0 Å². The maximum Gasteiger partial charge on any atom is 0.337 e. The summed E-state index contributed by atoms with van der Waals surface area (Å²) in [6.07, 6.45) is 0. The molecular weight excluding hydrogens is 314 g/mol. The van der Waals surface area contributed by atoms with E-state index in [-0.39, 0.29) is 22.0 Å². The highest BCUT2D eigenvalue weighted by Crippen LogP contribution is 2.21. The summed E-state index contributed by atoms with van der Waals surface area (Å²) in [6, 6.07) is 12.5. The van der Waals surface area contributed by atoms with Crippen molar-refractivity contribution in [3.05, 3.63) is 64.7 Å². The topological polar surface area (TPSA) is 83.5 Å². The Morgan fingerprint density at radius 3 is 2.38 bits per heavy atom. The van der Waals surface area contributed by atoms with E-state index in [0.717, 1.165) is 11.6 Å². The van der Waals surface area contributed by atoms with Crippen LogP contribution in [-0.4, -0.2) is 19.5 Å². The number of sulfonamides is 1. The molecule has 2 rings (SSSR count). The molecule has 5 nitrogen and oxygen atoms in total. The second-order valence-electron chi connectivity index (χ2n) is 4.26. The standard InChI is InChI=1S/C14H12ClNO4S/c15-13-8-11(6-7-12(13)14(17)18)21(19,20)16-9-10-4-2-1-3-5-10/h1-8,16H,9H2,(H,17,18). The van der Waals surface area contributed by atoms with Crippen LogP contribution in [0.4, 0.5) is 0 Å². The summed E-state index contributed by atoms with van der Waals surface area (Å²) in [6.45, 7) is 0.140. The number of carboxylic acid groups (broad SMARTS) is 1. The molecular formula is C14H12ClNO4S. The molecule has 2 N–H and O–H groups in total. The van der Waals surface area contributed by atoms with Gasteiger partial charge in [0.25, 0.3) is 0 Å². The number of rotatable bonds is 5. The Balaban J connectivity index is 2.20. The van der Waals surface area contributed by atoms with Crippen molar-refractivity contribution < 1.29 is 18.3 Å². The molecule has 0 aliphatic heterocycles. The van der Waals surface area contributed by atoms with Crippen LogP contribution >= 0.6 is 11.6 Å². The first-order valence-corrected chi connectivity index (χ1v) is 7.83. The lowest BCUT2D eigenvalue weighted by Gasteiger charge is -2.08. The number of aromatic carboxylic acids is 1. The van der Waals surface area contributed by atoms with Crippen molar-refractivity contribution in [2.75, 3.05) is 0 Å². The third kappa shape index (κ3) is 3.81. The zero-order valence-corrected chi connectivity index (χ0v) is 12.4. The molecule has 0 bridgehead atoms. The molecule has 0 saturated carbocycles. The normalized spacial score (nSPS) is 11.3. The van der Waals surface area contributed by atoms with Crippen LogP contribution in [-0.2, 0) is 16.6 Å². The van der Waals surface area contributed by atoms with E-state index < -0.39 is 16.0 Å². The van der Waals surface area contributed by atoms with Gasteiger partial charge in [0, 0.05) is 6.54 Å². The fourth-order valence-electron chi connectivity index (χ4n) is 1.69. The Bertz CT molecular complexity index is 760. The monoisotopic (exact) mass is 325 g/mol. The van der Waals surface area contributed by atoms with Crippen LogP contribution in [0.1, 0.15) is 15.9 Å². The molecule has 2 aromatic rings. The van der Waals surface area contributed by atoms with Gasteiger partial charge >= 0.3 is 5.97 Å². The minimum atomic E-state index is -3.75. The van der Waals surface area contributed by atoms with Gasteiger partial charge in [-0.15, -0.1) is 0 Å². The predicted octanol–water partition coefficient (Wildman–Crippen LogP) is 2.52. The number of carboxylic acids is 1. The van der Waals surface area contributed by atoms with E-state index >= 15 is 0 Å². The zero-order chi connectivity index (χ0) is 15.5. The second-order valence-corrected chi connectivity index (χ2v) is 6.43. The van der Waals surface area contributed by atoms with Crippen molar-refractivity contribution in [1.29, 1.82) is 0 Å². The van der Waals surface area contributed by atoms with Gasteiger partial charge in [0.05, 0.1) is 15.5 Å². The maximum absolute atomic E-state index is 12.1. The van der Waals surface area contributed by atoms with E-state index in [4.69, 9.17) is 16.7 Å². The van der Waals surface area contributed by atoms with Gasteiger partial charge in [0.1, 0.15) is 0 Å². The summed E-state index contributed by atoms with van der Waals surface area (Å²) >= 11 is 5.77. The number of hydrogen-bond donors (Lipinski definition) is 2. The van der Waals surface area contributed by atoms with Gasteiger partial charge in [-0.05, 0) is 23.8 Å². The minimum Gasteiger partial charge on any atom is -0.478 e. The Morgan fingerprint density at radius 2 is 1.81 bits per heavy atom. The minimum absolute atomic E-state index is 0.0755. The highest BCUT2D eigenvalue weighted by atomic mass is 35.5. The van der Waals surface area contributed by atoms with Gasteiger partial charge in [-0.25, -0.2) is 17.9 Å². The molecule has 0 spiro atoms. The number of halogens is 1. The van der Waals surface area contributed by atoms with Crippen LogP contribution in [0.5, 0.6) is 0 Å². The Kier molecular flexibility index (Phi) is 4.62. The molecule has 110 valence electrons. The highest BCUT2D eigenvalue weighted by Gasteiger charge is 2.17. The maximum atomic E-state index is 12.1. The van der Waals surface area contributed by atoms with Crippen LogP contribution in [0.2, 0.25) is 5.02 Å². The average molecular weight is 326 g/mol. The van der Waals surface area contributed by atoms with Gasteiger partial charge in [-0.2, -0.15) is 0 Å². The van der Waals surface area contributed by atoms with Gasteiger partial charge in [-0.3, -0.25) is 0 Å². The molecule has 0 aliphatic rings. The summed E-state index contributed by atoms with van der Waals surface area (Å²) in [5, 5.41) is 8.74. The summed E-state index contributed by atoms with van der Waals surface area (Å²) in [5.41, 5.74) is 0.674. The van der Waals surface area contributed by atoms with Crippen molar-refractivity contribution in [2.45, 2.75) is 11.4 Å². The SMILES string of the molecule is O=C(O)c1ccc(S(=O)(=O)NCc2ccccc2)cc1Cl. The summed E-state index contributed by atoms with van der Waals surface area (Å²) in [7, 11) is -3.75. The molecule has 0 aliphatic carbocycles. The Morgan fingerprint density at radius 1 is 1.14 bits per heavy atom. The first kappa shape index (κ1) is 15.5. The van der Waals surface area contributed by atoms with Crippen LogP contribution < -0.4 is 4.72 Å². The van der Waals surface area contributed by atoms with E-state index in [1.807, 2.05) is 18.2 Å². The molecule has 21 heavy (non-hydrogen) atoms. The number of hydrogen-bond acceptors (Lipinski definition) is 3. The lowest BCUT2D eigenvalue weighted by atomic mass is 10.2. The second kappa shape index (κ2) is 6.26. The van der Waals surface area contributed by atoms with Crippen molar-refractivity contribution in [1.82, 2.24) is 4.72 Å². The summed E-state index contributed by atoms with van der Waals surface area (Å²) < 4.78 is 26.7. The summed E-state index contributed by atoms with van der Waals surface area (Å²) in [5.74, 6) is -1.21. The van der Waals surface area contributed by atoms with Gasteiger partial charge in [0.2, 0.25) is 10.0 Å². The van der Waals surface area contributed by atoms with Crippen LogP contribution in [0, 0.1) is 0 Å². The third-order valence-corrected chi connectivity index (χ3v) is 4.50. The van der Waals surface area contributed by atoms with Crippen molar-refractivity contribution in [3.8, 4) is 0 Å². The molecule has 0 amide bonds. The Hall–Kier alpha value is -1.89. The number of nitrogens with one attached hydrogen (secondary N) is 1. The van der Waals surface area contributed by atoms with Gasteiger partial charge in [-0.1, -0.05) is 41.9 Å². The predicted molar refractivity (Wildman–Crippen MR) is 78.9 cm³/mol. The van der Waals surface area contributed by atoms with E-state index in [9.17, 15) is 13.2 Å². The van der Waals surface area contributed by atoms with Crippen LogP contribution in [0.3, 0.4) is 0 Å². The fraction of sp³-hybridized carbons (Fsp3) is 0.0714. The molecule has 7 heteroatoms. The smallest absolute Gasteiger partial charge is 0.337 e. The largest absolute Gasteiger partial charge is 0.478 e. The van der Waals surface area contributed by atoms with E-state index in [2.05, 4.69) is 4.72 Å². The fourth-order valence-corrected chi connectivity index (χ4v) is 3.06. The van der Waals surface area contributed by atoms with Crippen molar-refractivity contribution in [3.63, 3.8) is 0 Å². The molecule has 2 aromatic carbocycles. The van der Waals surface area contributed by atoms with E-state index in [1.165, 1.54) is 12.1 Å². The highest BCUT2D eigenvalue weighted by molar-refractivity contribution is 7.89. The molecule has 0 heterocycles. The van der Waals surface area contributed by atoms with E-state index in [0.29, 0.717) is 0 Å². The quantitative estimate of drug-likeness (QED) is 0.884. The lowest BCUT2D eigenvalue weighted by molar-refractivity contribution is 0.0697. The molecule has 0 aromatic heterocycles. The van der Waals surface area contributed by atoms with Gasteiger partial charge in [0.15, 0.2) is 0 Å². The lowest BCUT2D eigenvalue weighted by Crippen LogP contribution is -2.23. The molecule has 0 unspecified atom stereocenters. The first-order chi connectivity index (χ1) is 9.90. The Labute approximate surface area is 127 Å². The van der Waals surface area contributed by atoms with Crippen molar-refractivity contribution in [2.24, 2.45) is 0 Å². The van der Waals surface area contributed by atoms with Crippen molar-refractivity contribution >= 4 is 27.6 Å². The molecule has 0 radical (unpaired) electrons. The molecule has 0 saturated heterocycles.